The molecule has 0 aromatic rings. The maximum atomic E-state index is 11.5. The Morgan fingerprint density at radius 2 is 2.20 bits per heavy atom. The van der Waals surface area contributed by atoms with Gasteiger partial charge in [-0.3, -0.25) is 9.69 Å². The monoisotopic (exact) mass is 231 g/mol. The lowest BCUT2D eigenvalue weighted by Crippen LogP contribution is -2.37. The van der Waals surface area contributed by atoms with Crippen LogP contribution in [0, 0.1) is 0 Å². The molecule has 1 heterocycles. The molecule has 1 atom stereocenters. The smallest absolute Gasteiger partial charge is 0.323 e. The molecule has 0 spiro atoms. The Morgan fingerprint density at radius 3 is 2.73 bits per heavy atom. The van der Waals surface area contributed by atoms with E-state index in [1.807, 2.05) is 11.8 Å². The predicted molar refractivity (Wildman–Crippen MR) is 64.0 cm³/mol. The van der Waals surface area contributed by atoms with Crippen molar-refractivity contribution in [1.29, 1.82) is 0 Å². The van der Waals surface area contributed by atoms with Crippen molar-refractivity contribution in [3.63, 3.8) is 0 Å². The summed E-state index contributed by atoms with van der Waals surface area (Å²) in [7, 11) is 1.47. The molecule has 1 rings (SSSR count). The van der Waals surface area contributed by atoms with Crippen molar-refractivity contribution in [2.24, 2.45) is 0 Å². The molecule has 1 unspecified atom stereocenters. The van der Waals surface area contributed by atoms with Crippen molar-refractivity contribution in [1.82, 2.24) is 4.90 Å². The van der Waals surface area contributed by atoms with Gasteiger partial charge in [0, 0.05) is 10.6 Å². The lowest BCUT2D eigenvalue weighted by atomic mass is 10.2. The van der Waals surface area contributed by atoms with Gasteiger partial charge >= 0.3 is 5.97 Å². The standard InChI is InChI=1S/C11H21NO2S/c1-11(2,3)15-8-12-7-5-6-9(12)10(13)14-4/h9H,5-8H2,1-4H3. The molecule has 0 aromatic carbocycles. The van der Waals surface area contributed by atoms with Crippen molar-refractivity contribution in [3.8, 4) is 0 Å². The summed E-state index contributed by atoms with van der Waals surface area (Å²) in [5.74, 6) is 0.838. The van der Waals surface area contributed by atoms with E-state index in [0.717, 1.165) is 25.3 Å². The minimum Gasteiger partial charge on any atom is -0.468 e. The minimum atomic E-state index is -0.0815. The Hall–Kier alpha value is -0.220. The van der Waals surface area contributed by atoms with Crippen LogP contribution in [0.25, 0.3) is 0 Å². The number of hydrogen-bond donors (Lipinski definition) is 0. The maximum absolute atomic E-state index is 11.5. The highest BCUT2D eigenvalue weighted by molar-refractivity contribution is 8.00. The molecule has 15 heavy (non-hydrogen) atoms. The Labute approximate surface area is 96.5 Å². The lowest BCUT2D eigenvalue weighted by molar-refractivity contribution is -0.145. The van der Waals surface area contributed by atoms with Gasteiger partial charge in [-0.1, -0.05) is 20.8 Å². The van der Waals surface area contributed by atoms with E-state index in [4.69, 9.17) is 4.74 Å². The van der Waals surface area contributed by atoms with Crippen LogP contribution in [0.3, 0.4) is 0 Å². The van der Waals surface area contributed by atoms with E-state index >= 15 is 0 Å². The summed E-state index contributed by atoms with van der Waals surface area (Å²) in [5, 5.41) is 0. The summed E-state index contributed by atoms with van der Waals surface area (Å²) in [6, 6.07) is -0.00940. The fraction of sp³-hybridized carbons (Fsp3) is 0.909. The van der Waals surface area contributed by atoms with Gasteiger partial charge < -0.3 is 4.74 Å². The zero-order valence-corrected chi connectivity index (χ0v) is 10.9. The number of rotatable bonds is 3. The number of likely N-dealkylation sites (tertiary alicyclic amines) is 1. The summed E-state index contributed by atoms with van der Waals surface area (Å²) in [6.45, 7) is 7.60. The first-order valence-corrected chi connectivity index (χ1v) is 6.38. The number of nitrogens with zero attached hydrogens (tertiary/aromatic N) is 1. The van der Waals surface area contributed by atoms with Crippen LogP contribution in [0.4, 0.5) is 0 Å². The van der Waals surface area contributed by atoms with E-state index in [9.17, 15) is 4.79 Å². The van der Waals surface area contributed by atoms with Gasteiger partial charge in [0.15, 0.2) is 0 Å². The molecule has 4 heteroatoms. The molecule has 1 saturated heterocycles. The van der Waals surface area contributed by atoms with Crippen LogP contribution in [0.15, 0.2) is 0 Å². The molecule has 0 saturated carbocycles. The van der Waals surface area contributed by atoms with Gasteiger partial charge in [-0.25, -0.2) is 0 Å². The molecule has 3 nitrogen and oxygen atoms in total. The molecule has 0 amide bonds. The zero-order valence-electron chi connectivity index (χ0n) is 10.1. The summed E-state index contributed by atoms with van der Waals surface area (Å²) in [5.41, 5.74) is 0. The SMILES string of the molecule is COC(=O)C1CCCN1CSC(C)(C)C. The van der Waals surface area contributed by atoms with Crippen molar-refractivity contribution in [2.45, 2.75) is 44.4 Å². The average Bonchev–Trinajstić information content (AvgIpc) is 2.60. The fourth-order valence-electron chi connectivity index (χ4n) is 1.66. The van der Waals surface area contributed by atoms with Crippen molar-refractivity contribution >= 4 is 17.7 Å². The van der Waals surface area contributed by atoms with Gasteiger partial charge in [0.2, 0.25) is 0 Å². The second-order valence-electron chi connectivity index (χ2n) is 4.88. The van der Waals surface area contributed by atoms with Crippen LogP contribution in [0.1, 0.15) is 33.6 Å². The van der Waals surface area contributed by atoms with Gasteiger partial charge in [-0.05, 0) is 19.4 Å². The number of methoxy groups -OCH3 is 1. The summed E-state index contributed by atoms with van der Waals surface area (Å²) >= 11 is 1.88. The number of esters is 1. The van der Waals surface area contributed by atoms with Crippen LogP contribution in [0.5, 0.6) is 0 Å². The van der Waals surface area contributed by atoms with Gasteiger partial charge in [-0.15, -0.1) is 11.8 Å². The van der Waals surface area contributed by atoms with Crippen LogP contribution in [0.2, 0.25) is 0 Å². The van der Waals surface area contributed by atoms with E-state index in [1.165, 1.54) is 7.11 Å². The molecule has 0 aliphatic carbocycles. The normalized spacial score (nSPS) is 23.1. The first-order chi connectivity index (χ1) is 6.94. The van der Waals surface area contributed by atoms with Crippen LogP contribution in [-0.2, 0) is 9.53 Å². The highest BCUT2D eigenvalue weighted by atomic mass is 32.2. The molecule has 0 N–H and O–H groups in total. The summed E-state index contributed by atoms with van der Waals surface area (Å²) in [6.07, 6.45) is 2.04. The third-order valence-electron chi connectivity index (χ3n) is 2.50. The molecule has 0 radical (unpaired) electrons. The summed E-state index contributed by atoms with van der Waals surface area (Å²) < 4.78 is 5.06. The molecule has 1 aliphatic rings. The number of carbonyl (C=O) groups is 1. The molecular formula is C11H21NO2S. The first-order valence-electron chi connectivity index (χ1n) is 5.40. The third-order valence-corrected chi connectivity index (χ3v) is 3.83. The lowest BCUT2D eigenvalue weighted by Gasteiger charge is -2.26. The van der Waals surface area contributed by atoms with Crippen LogP contribution < -0.4 is 0 Å². The van der Waals surface area contributed by atoms with E-state index in [0.29, 0.717) is 0 Å². The highest BCUT2D eigenvalue weighted by Gasteiger charge is 2.31. The van der Waals surface area contributed by atoms with Gasteiger partial charge in [0.1, 0.15) is 6.04 Å². The zero-order chi connectivity index (χ0) is 11.5. The average molecular weight is 231 g/mol. The van der Waals surface area contributed by atoms with Crippen molar-refractivity contribution < 1.29 is 9.53 Å². The highest BCUT2D eigenvalue weighted by Crippen LogP contribution is 2.28. The molecule has 1 fully saturated rings. The third kappa shape index (κ3) is 4.03. The molecule has 0 aromatic heterocycles. The summed E-state index contributed by atoms with van der Waals surface area (Å²) in [4.78, 5) is 13.7. The minimum absolute atomic E-state index is 0.00940. The number of thioether (sulfide) groups is 1. The number of carbonyl (C=O) groups excluding carboxylic acids is 1. The second kappa shape index (κ2) is 5.21. The van der Waals surface area contributed by atoms with E-state index < -0.39 is 0 Å². The Kier molecular flexibility index (Phi) is 4.46. The van der Waals surface area contributed by atoms with E-state index in [1.54, 1.807) is 0 Å². The maximum Gasteiger partial charge on any atom is 0.323 e. The first kappa shape index (κ1) is 12.8. The van der Waals surface area contributed by atoms with Crippen molar-refractivity contribution in [3.05, 3.63) is 0 Å². The Balaban J connectivity index is 2.43. The van der Waals surface area contributed by atoms with Gasteiger partial charge in [0.25, 0.3) is 0 Å². The predicted octanol–water partition coefficient (Wildman–Crippen LogP) is 2.11. The fourth-order valence-corrected chi connectivity index (χ4v) is 2.52. The van der Waals surface area contributed by atoms with Crippen LogP contribution >= 0.6 is 11.8 Å². The Bertz CT molecular complexity index is 225. The van der Waals surface area contributed by atoms with Crippen LogP contribution in [-0.4, -0.2) is 41.2 Å². The number of ether oxygens (including phenoxy) is 1. The molecular weight excluding hydrogens is 210 g/mol. The van der Waals surface area contributed by atoms with Gasteiger partial charge in [-0.2, -0.15) is 0 Å². The quantitative estimate of drug-likeness (QED) is 0.696. The van der Waals surface area contributed by atoms with Gasteiger partial charge in [0.05, 0.1) is 7.11 Å². The van der Waals surface area contributed by atoms with Crippen molar-refractivity contribution in [2.75, 3.05) is 19.5 Å². The van der Waals surface area contributed by atoms with E-state index in [-0.39, 0.29) is 16.8 Å². The molecule has 1 aliphatic heterocycles. The Morgan fingerprint density at radius 1 is 1.53 bits per heavy atom. The van der Waals surface area contributed by atoms with E-state index in [2.05, 4.69) is 25.7 Å². The number of hydrogen-bond acceptors (Lipinski definition) is 4. The molecule has 88 valence electrons. The largest absolute Gasteiger partial charge is 0.468 e. The second-order valence-corrected chi connectivity index (χ2v) is 6.65. The topological polar surface area (TPSA) is 29.5 Å². The molecule has 0 bridgehead atoms.